The number of rotatable bonds is 8. The Bertz CT molecular complexity index is 1160. The smallest absolute Gasteiger partial charge is 0.416 e. The zero-order valence-corrected chi connectivity index (χ0v) is 20.8. The van der Waals surface area contributed by atoms with Gasteiger partial charge in [-0.3, -0.25) is 0 Å². The van der Waals surface area contributed by atoms with Crippen molar-refractivity contribution in [1.29, 1.82) is 0 Å². The molecule has 2 aromatic carbocycles. The molecule has 4 rings (SSSR count). The van der Waals surface area contributed by atoms with E-state index in [4.69, 9.17) is 9.47 Å². The summed E-state index contributed by atoms with van der Waals surface area (Å²) in [5.41, 5.74) is 1.29. The van der Waals surface area contributed by atoms with E-state index in [2.05, 4.69) is 15.2 Å². The van der Waals surface area contributed by atoms with Gasteiger partial charge in [-0.1, -0.05) is 17.3 Å². The van der Waals surface area contributed by atoms with E-state index in [0.717, 1.165) is 42.0 Å². The van der Waals surface area contributed by atoms with Crippen LogP contribution in [0.2, 0.25) is 0 Å². The molecule has 1 fully saturated rings. The molecule has 0 unspecified atom stereocenters. The summed E-state index contributed by atoms with van der Waals surface area (Å²) in [5, 5.41) is 9.18. The number of benzene rings is 2. The molecule has 0 amide bonds. The van der Waals surface area contributed by atoms with Crippen LogP contribution < -0.4 is 9.64 Å². The van der Waals surface area contributed by atoms with Crippen molar-refractivity contribution in [1.82, 2.24) is 15.0 Å². The van der Waals surface area contributed by atoms with Gasteiger partial charge in [0, 0.05) is 24.0 Å². The third-order valence-corrected chi connectivity index (χ3v) is 7.36. The first-order valence-corrected chi connectivity index (χ1v) is 12.5. The van der Waals surface area contributed by atoms with Crippen LogP contribution in [0.15, 0.2) is 53.6 Å². The first-order valence-electron chi connectivity index (χ1n) is 11.6. The molecule has 0 saturated carbocycles. The molecule has 0 atom stereocenters. The molecule has 0 N–H and O–H groups in total. The average molecular weight is 521 g/mol. The number of piperidine rings is 1. The van der Waals surface area contributed by atoms with Gasteiger partial charge in [-0.25, -0.2) is 9.48 Å². The lowest BCUT2D eigenvalue weighted by atomic mass is 10.1. The van der Waals surface area contributed by atoms with Crippen molar-refractivity contribution in [3.63, 3.8) is 0 Å². The fourth-order valence-corrected chi connectivity index (χ4v) is 5.23. The molecule has 1 saturated heterocycles. The molecule has 1 aliphatic heterocycles. The number of aromatic nitrogens is 3. The highest BCUT2D eigenvalue weighted by atomic mass is 32.2. The first kappa shape index (κ1) is 25.9. The first-order chi connectivity index (χ1) is 17.3. The number of halogens is 3. The maximum Gasteiger partial charge on any atom is 0.416 e. The number of hydrogen-bond donors (Lipinski definition) is 0. The van der Waals surface area contributed by atoms with Gasteiger partial charge in [0.1, 0.15) is 10.8 Å². The standard InChI is InChI=1S/C25H27F3N4O3S/c1-3-35-24(33)22-23(32(30-29-22)16-17-4-10-20(34-2)11-5-17)36-21-12-14-31(15-13-21)19-8-6-18(7-9-19)25(26,27)28/h4-11,21H,3,12-16H2,1-2H3. The van der Waals surface area contributed by atoms with Crippen LogP contribution in [0.1, 0.15) is 41.4 Å². The van der Waals surface area contributed by atoms with E-state index in [9.17, 15) is 18.0 Å². The van der Waals surface area contributed by atoms with Crippen molar-refractivity contribution in [2.24, 2.45) is 0 Å². The third-order valence-electron chi connectivity index (χ3n) is 5.93. The number of thioether (sulfide) groups is 1. The van der Waals surface area contributed by atoms with E-state index in [1.165, 1.54) is 12.1 Å². The third kappa shape index (κ3) is 6.13. The van der Waals surface area contributed by atoms with Gasteiger partial charge in [0.05, 0.1) is 25.8 Å². The minimum absolute atomic E-state index is 0.192. The van der Waals surface area contributed by atoms with Gasteiger partial charge in [-0.2, -0.15) is 13.2 Å². The number of hydrogen-bond acceptors (Lipinski definition) is 7. The monoisotopic (exact) mass is 520 g/mol. The Hall–Kier alpha value is -3.21. The molecule has 0 aliphatic carbocycles. The van der Waals surface area contributed by atoms with Gasteiger partial charge >= 0.3 is 12.1 Å². The number of alkyl halides is 3. The van der Waals surface area contributed by atoms with Crippen LogP contribution in [0.25, 0.3) is 0 Å². The fraction of sp³-hybridized carbons (Fsp3) is 0.400. The predicted molar refractivity (Wildman–Crippen MR) is 131 cm³/mol. The Labute approximate surface area is 211 Å². The largest absolute Gasteiger partial charge is 0.497 e. The highest BCUT2D eigenvalue weighted by molar-refractivity contribution is 8.00. The van der Waals surface area contributed by atoms with Crippen LogP contribution in [0, 0.1) is 0 Å². The van der Waals surface area contributed by atoms with Crippen LogP contribution >= 0.6 is 11.8 Å². The molecular weight excluding hydrogens is 493 g/mol. The van der Waals surface area contributed by atoms with Gasteiger partial charge in [-0.15, -0.1) is 16.9 Å². The van der Waals surface area contributed by atoms with E-state index >= 15 is 0 Å². The fourth-order valence-electron chi connectivity index (χ4n) is 4.01. The summed E-state index contributed by atoms with van der Waals surface area (Å²) >= 11 is 1.55. The van der Waals surface area contributed by atoms with E-state index in [1.54, 1.807) is 30.5 Å². The Morgan fingerprint density at radius 1 is 1.08 bits per heavy atom. The lowest BCUT2D eigenvalue weighted by Crippen LogP contribution is -2.35. The van der Waals surface area contributed by atoms with E-state index in [1.807, 2.05) is 24.3 Å². The zero-order chi connectivity index (χ0) is 25.7. The highest BCUT2D eigenvalue weighted by Crippen LogP contribution is 2.35. The second kappa shape index (κ2) is 11.2. The summed E-state index contributed by atoms with van der Waals surface area (Å²) in [6, 6.07) is 12.9. The maximum atomic E-state index is 12.9. The number of nitrogens with zero attached hydrogens (tertiary/aromatic N) is 4. The van der Waals surface area contributed by atoms with E-state index in [-0.39, 0.29) is 17.6 Å². The molecule has 1 aliphatic rings. The van der Waals surface area contributed by atoms with Crippen molar-refractivity contribution in [3.8, 4) is 5.75 Å². The Kier molecular flexibility index (Phi) is 8.07. The maximum absolute atomic E-state index is 12.9. The molecule has 0 spiro atoms. The quantitative estimate of drug-likeness (QED) is 0.374. The predicted octanol–water partition coefficient (Wildman–Crippen LogP) is 5.29. The molecule has 192 valence electrons. The van der Waals surface area contributed by atoms with Crippen LogP contribution in [0.4, 0.5) is 18.9 Å². The summed E-state index contributed by atoms with van der Waals surface area (Å²) < 4.78 is 50.7. The van der Waals surface area contributed by atoms with Gasteiger partial charge in [0.2, 0.25) is 5.69 Å². The lowest BCUT2D eigenvalue weighted by molar-refractivity contribution is -0.137. The van der Waals surface area contributed by atoms with Crippen LogP contribution in [0.3, 0.4) is 0 Å². The summed E-state index contributed by atoms with van der Waals surface area (Å²) in [4.78, 5) is 14.6. The molecule has 1 aromatic heterocycles. The van der Waals surface area contributed by atoms with Gasteiger partial charge in [-0.05, 0) is 61.7 Å². The normalized spacial score (nSPS) is 14.6. The second-order valence-electron chi connectivity index (χ2n) is 8.32. The zero-order valence-electron chi connectivity index (χ0n) is 20.0. The number of anilines is 1. The molecule has 0 radical (unpaired) electrons. The van der Waals surface area contributed by atoms with Gasteiger partial charge < -0.3 is 14.4 Å². The minimum atomic E-state index is -4.35. The SMILES string of the molecule is CCOC(=O)c1nnn(Cc2ccc(OC)cc2)c1SC1CCN(c2ccc(C(F)(F)F)cc2)CC1. The number of ether oxygens (including phenoxy) is 2. The summed E-state index contributed by atoms with van der Waals surface area (Å²) in [7, 11) is 1.61. The summed E-state index contributed by atoms with van der Waals surface area (Å²) in [6.45, 7) is 3.79. The number of esters is 1. The topological polar surface area (TPSA) is 69.5 Å². The average Bonchev–Trinajstić information content (AvgIpc) is 3.26. The van der Waals surface area contributed by atoms with Crippen LogP contribution in [-0.2, 0) is 17.5 Å². The molecule has 7 nitrogen and oxygen atoms in total. The lowest BCUT2D eigenvalue weighted by Gasteiger charge is -2.33. The minimum Gasteiger partial charge on any atom is -0.497 e. The van der Waals surface area contributed by atoms with Crippen LogP contribution in [-0.4, -0.2) is 53.0 Å². The van der Waals surface area contributed by atoms with Gasteiger partial charge in [0.15, 0.2) is 0 Å². The number of carbonyl (C=O) groups is 1. The van der Waals surface area contributed by atoms with Crippen molar-refractivity contribution < 1.29 is 27.4 Å². The summed E-state index contributed by atoms with van der Waals surface area (Å²) in [6.07, 6.45) is -2.76. The molecule has 36 heavy (non-hydrogen) atoms. The number of methoxy groups -OCH3 is 1. The number of carbonyl (C=O) groups excluding carboxylic acids is 1. The van der Waals surface area contributed by atoms with Crippen molar-refractivity contribution >= 4 is 23.4 Å². The van der Waals surface area contributed by atoms with Crippen molar-refractivity contribution in [2.45, 2.75) is 42.8 Å². The van der Waals surface area contributed by atoms with Crippen LogP contribution in [0.5, 0.6) is 5.75 Å². The van der Waals surface area contributed by atoms with Crippen molar-refractivity contribution in [3.05, 3.63) is 65.4 Å². The highest BCUT2D eigenvalue weighted by Gasteiger charge is 2.31. The molecule has 2 heterocycles. The summed E-state index contributed by atoms with van der Waals surface area (Å²) in [5.74, 6) is 0.238. The second-order valence-corrected chi connectivity index (χ2v) is 9.61. The van der Waals surface area contributed by atoms with E-state index in [0.29, 0.717) is 24.7 Å². The molecular formula is C25H27F3N4O3S. The molecule has 3 aromatic rings. The Morgan fingerprint density at radius 2 is 1.75 bits per heavy atom. The Balaban J connectivity index is 1.45. The molecule has 0 bridgehead atoms. The Morgan fingerprint density at radius 3 is 2.33 bits per heavy atom. The molecule has 11 heteroatoms. The van der Waals surface area contributed by atoms with Crippen molar-refractivity contribution in [2.75, 3.05) is 31.7 Å². The van der Waals surface area contributed by atoms with Gasteiger partial charge in [0.25, 0.3) is 0 Å². The van der Waals surface area contributed by atoms with E-state index < -0.39 is 17.7 Å².